The van der Waals surface area contributed by atoms with E-state index in [1.807, 2.05) is 37.3 Å². The fraction of sp³-hybridized carbons (Fsp3) is 0.355. The molecule has 236 valence electrons. The number of esters is 1. The molecule has 1 aliphatic heterocycles. The van der Waals surface area contributed by atoms with Crippen LogP contribution in [0.15, 0.2) is 88.8 Å². The molecular formula is C31H37N3O9S. The summed E-state index contributed by atoms with van der Waals surface area (Å²) in [5.41, 5.74) is 1.59. The minimum absolute atomic E-state index is 0.0326. The Kier molecular flexibility index (Phi) is 10.8. The highest BCUT2D eigenvalue weighted by molar-refractivity contribution is 7.89. The molecule has 1 aliphatic rings. The lowest BCUT2D eigenvalue weighted by Gasteiger charge is -2.29. The second-order valence-corrected chi connectivity index (χ2v) is 11.9. The molecule has 44 heavy (non-hydrogen) atoms. The standard InChI is InChI=1S/C31H37N3O9S/c1-5-18-42-31(37)27-20-23(29-22(2)32(3)34(30(29)36)24-9-7-6-8-10-24)21-28(43-27)41-19-16-33(15-17-35)44(38,39)26-13-11-25(40-4)12-14-26/h5-14,20,23,28,35H,1,15-19,21H2,2-4H3/t23-,28+/m1/s1. The van der Waals surface area contributed by atoms with Gasteiger partial charge in [0.05, 0.1) is 30.9 Å². The van der Waals surface area contributed by atoms with Crippen molar-refractivity contribution in [2.75, 3.05) is 40.0 Å². The largest absolute Gasteiger partial charge is 0.497 e. The van der Waals surface area contributed by atoms with Crippen LogP contribution in [-0.2, 0) is 36.1 Å². The van der Waals surface area contributed by atoms with Crippen molar-refractivity contribution >= 4 is 16.0 Å². The third kappa shape index (κ3) is 7.13. The second-order valence-electron chi connectivity index (χ2n) is 9.96. The molecule has 13 heteroatoms. The van der Waals surface area contributed by atoms with Crippen LogP contribution in [0.5, 0.6) is 5.75 Å². The lowest BCUT2D eigenvalue weighted by atomic mass is 9.93. The van der Waals surface area contributed by atoms with E-state index in [-0.39, 0.29) is 48.9 Å². The zero-order valence-electron chi connectivity index (χ0n) is 24.9. The van der Waals surface area contributed by atoms with Gasteiger partial charge in [-0.1, -0.05) is 30.9 Å². The molecule has 0 saturated carbocycles. The summed E-state index contributed by atoms with van der Waals surface area (Å²) in [6.45, 7) is 4.55. The molecule has 0 bridgehead atoms. The highest BCUT2D eigenvalue weighted by Gasteiger charge is 2.34. The molecule has 0 amide bonds. The number of methoxy groups -OCH3 is 1. The number of para-hydroxylation sites is 1. The van der Waals surface area contributed by atoms with Gasteiger partial charge in [0.1, 0.15) is 12.4 Å². The average Bonchev–Trinajstić information content (AvgIpc) is 3.26. The molecule has 0 spiro atoms. The summed E-state index contributed by atoms with van der Waals surface area (Å²) in [6, 6.07) is 15.1. The minimum atomic E-state index is -3.96. The average molecular weight is 628 g/mol. The van der Waals surface area contributed by atoms with Crippen molar-refractivity contribution < 1.29 is 37.3 Å². The number of carbonyl (C=O) groups excluding carboxylic acids is 1. The number of sulfonamides is 1. The number of hydrogen-bond acceptors (Lipinski definition) is 9. The summed E-state index contributed by atoms with van der Waals surface area (Å²) in [6.07, 6.45) is 2.15. The number of aliphatic hydroxyl groups is 1. The number of allylic oxidation sites excluding steroid dienone is 1. The zero-order valence-corrected chi connectivity index (χ0v) is 25.7. The molecule has 2 atom stereocenters. The van der Waals surface area contributed by atoms with Gasteiger partial charge in [-0.3, -0.25) is 9.48 Å². The van der Waals surface area contributed by atoms with Gasteiger partial charge in [-0.05, 0) is 49.4 Å². The van der Waals surface area contributed by atoms with E-state index in [0.717, 1.165) is 4.31 Å². The zero-order chi connectivity index (χ0) is 31.9. The van der Waals surface area contributed by atoms with E-state index in [0.29, 0.717) is 22.7 Å². The van der Waals surface area contributed by atoms with Crippen LogP contribution in [0, 0.1) is 6.92 Å². The van der Waals surface area contributed by atoms with E-state index in [4.69, 9.17) is 18.9 Å². The highest BCUT2D eigenvalue weighted by atomic mass is 32.2. The molecule has 0 fully saturated rings. The van der Waals surface area contributed by atoms with Crippen molar-refractivity contribution in [1.29, 1.82) is 0 Å². The minimum Gasteiger partial charge on any atom is -0.497 e. The Labute approximate surface area is 256 Å². The monoisotopic (exact) mass is 627 g/mol. The Morgan fingerprint density at radius 2 is 1.86 bits per heavy atom. The molecule has 1 N–H and O–H groups in total. The maximum absolute atomic E-state index is 13.7. The first-order chi connectivity index (χ1) is 21.1. The second kappa shape index (κ2) is 14.5. The van der Waals surface area contributed by atoms with Crippen LogP contribution in [0.25, 0.3) is 5.69 Å². The smallest absolute Gasteiger partial charge is 0.373 e. The van der Waals surface area contributed by atoms with Crippen molar-refractivity contribution in [2.24, 2.45) is 7.05 Å². The van der Waals surface area contributed by atoms with Gasteiger partial charge < -0.3 is 24.1 Å². The lowest BCUT2D eigenvalue weighted by molar-refractivity contribution is -0.160. The Morgan fingerprint density at radius 3 is 2.50 bits per heavy atom. The number of hydrogen-bond donors (Lipinski definition) is 1. The van der Waals surface area contributed by atoms with Gasteiger partial charge in [-0.2, -0.15) is 4.31 Å². The molecule has 0 radical (unpaired) electrons. The molecule has 2 heterocycles. The molecule has 2 aromatic carbocycles. The van der Waals surface area contributed by atoms with Crippen molar-refractivity contribution in [1.82, 2.24) is 13.7 Å². The van der Waals surface area contributed by atoms with Crippen LogP contribution < -0.4 is 10.3 Å². The molecular weight excluding hydrogens is 590 g/mol. The van der Waals surface area contributed by atoms with Crippen molar-refractivity contribution in [3.63, 3.8) is 0 Å². The first-order valence-corrected chi connectivity index (χ1v) is 15.4. The Balaban J connectivity index is 1.57. The molecule has 4 rings (SSSR count). The number of rotatable bonds is 14. The van der Waals surface area contributed by atoms with Crippen LogP contribution in [0.3, 0.4) is 0 Å². The molecule has 12 nitrogen and oxygen atoms in total. The molecule has 3 aromatic rings. The fourth-order valence-corrected chi connectivity index (χ4v) is 6.39. The van der Waals surface area contributed by atoms with E-state index in [1.54, 1.807) is 22.5 Å². The van der Waals surface area contributed by atoms with Gasteiger partial charge in [0.15, 0.2) is 0 Å². The van der Waals surface area contributed by atoms with Crippen LogP contribution in [-0.4, -0.2) is 79.5 Å². The van der Waals surface area contributed by atoms with Crippen molar-refractivity contribution in [3.8, 4) is 11.4 Å². The third-order valence-corrected chi connectivity index (χ3v) is 9.16. The Bertz CT molecular complexity index is 1640. The van der Waals surface area contributed by atoms with Crippen LogP contribution in [0.1, 0.15) is 23.6 Å². The summed E-state index contributed by atoms with van der Waals surface area (Å²) in [7, 11) is -0.703. The van der Waals surface area contributed by atoms with Gasteiger partial charge in [0.25, 0.3) is 5.56 Å². The predicted molar refractivity (Wildman–Crippen MR) is 162 cm³/mol. The quantitative estimate of drug-likeness (QED) is 0.211. The number of ether oxygens (including phenoxy) is 4. The number of benzene rings is 2. The SMILES string of the molecule is C=CCOC(=O)C1=C[C@@H](c2c(C)n(C)n(-c3ccccc3)c2=O)C[C@@H](OCCN(CCO)S(=O)(=O)c2ccc(OC)cc2)O1. The van der Waals surface area contributed by atoms with Crippen LogP contribution in [0.4, 0.5) is 0 Å². The molecule has 0 unspecified atom stereocenters. The Hall–Kier alpha value is -4.17. The summed E-state index contributed by atoms with van der Waals surface area (Å²) >= 11 is 0. The summed E-state index contributed by atoms with van der Waals surface area (Å²) in [5.74, 6) is -0.936. The maximum Gasteiger partial charge on any atom is 0.373 e. The van der Waals surface area contributed by atoms with E-state index in [9.17, 15) is 23.1 Å². The van der Waals surface area contributed by atoms with Gasteiger partial charge in [0.2, 0.25) is 22.1 Å². The van der Waals surface area contributed by atoms with E-state index < -0.39 is 34.8 Å². The molecule has 0 aliphatic carbocycles. The number of aliphatic hydroxyl groups excluding tert-OH is 1. The highest BCUT2D eigenvalue weighted by Crippen LogP contribution is 2.32. The van der Waals surface area contributed by atoms with E-state index in [1.165, 1.54) is 37.5 Å². The third-order valence-electron chi connectivity index (χ3n) is 7.25. The first kappa shape index (κ1) is 32.7. The van der Waals surface area contributed by atoms with Gasteiger partial charge in [-0.15, -0.1) is 0 Å². The number of nitrogens with zero attached hydrogens (tertiary/aromatic N) is 3. The van der Waals surface area contributed by atoms with Crippen molar-refractivity contribution in [3.05, 3.63) is 101 Å². The van der Waals surface area contributed by atoms with Gasteiger partial charge in [0, 0.05) is 43.7 Å². The normalized spacial score (nSPS) is 16.7. The lowest BCUT2D eigenvalue weighted by Crippen LogP contribution is -2.38. The van der Waals surface area contributed by atoms with Gasteiger partial charge >= 0.3 is 5.97 Å². The Morgan fingerprint density at radius 1 is 1.16 bits per heavy atom. The molecule has 0 saturated heterocycles. The predicted octanol–water partition coefficient (Wildman–Crippen LogP) is 2.64. The molecule has 1 aromatic heterocycles. The van der Waals surface area contributed by atoms with Crippen LogP contribution >= 0.6 is 0 Å². The summed E-state index contributed by atoms with van der Waals surface area (Å²) < 4.78 is 53.0. The number of aromatic nitrogens is 2. The van der Waals surface area contributed by atoms with E-state index >= 15 is 0 Å². The number of carbonyl (C=O) groups is 1. The van der Waals surface area contributed by atoms with E-state index in [2.05, 4.69) is 6.58 Å². The first-order valence-electron chi connectivity index (χ1n) is 14.0. The van der Waals surface area contributed by atoms with Crippen LogP contribution in [0.2, 0.25) is 0 Å². The summed E-state index contributed by atoms with van der Waals surface area (Å²) in [5, 5.41) is 9.57. The topological polar surface area (TPSA) is 139 Å². The maximum atomic E-state index is 13.7. The fourth-order valence-electron chi connectivity index (χ4n) is 4.97. The van der Waals surface area contributed by atoms with Crippen molar-refractivity contribution in [2.45, 2.75) is 30.4 Å². The van der Waals surface area contributed by atoms with Gasteiger partial charge in [-0.25, -0.2) is 17.9 Å². The summed E-state index contributed by atoms with van der Waals surface area (Å²) in [4.78, 5) is 26.6.